The van der Waals surface area contributed by atoms with Crippen LogP contribution in [0.5, 0.6) is 0 Å². The fourth-order valence-electron chi connectivity index (χ4n) is 1.56. The molecule has 0 atom stereocenters. The molecule has 7 nitrogen and oxygen atoms in total. The van der Waals surface area contributed by atoms with Crippen molar-refractivity contribution in [2.75, 3.05) is 6.61 Å². The third kappa shape index (κ3) is 2.91. The summed E-state index contributed by atoms with van der Waals surface area (Å²) in [5.41, 5.74) is 9.82. The molecule has 19 heavy (non-hydrogen) atoms. The molecule has 0 amide bonds. The van der Waals surface area contributed by atoms with Crippen molar-refractivity contribution in [3.05, 3.63) is 52.4 Å². The zero-order valence-electron chi connectivity index (χ0n) is 10.2. The van der Waals surface area contributed by atoms with Gasteiger partial charge in [-0.05, 0) is 36.2 Å². The number of fused-ring (bicyclic) bond motifs is 1. The van der Waals surface area contributed by atoms with Gasteiger partial charge in [-0.1, -0.05) is 5.11 Å². The van der Waals surface area contributed by atoms with Gasteiger partial charge >= 0.3 is 5.97 Å². The molecule has 0 radical (unpaired) electrons. The van der Waals surface area contributed by atoms with Crippen LogP contribution < -0.4 is 0 Å². The van der Waals surface area contributed by atoms with Crippen LogP contribution in [0.1, 0.15) is 12.5 Å². The summed E-state index contributed by atoms with van der Waals surface area (Å²) >= 11 is 0. The van der Waals surface area contributed by atoms with Gasteiger partial charge in [-0.15, -0.1) is 0 Å². The summed E-state index contributed by atoms with van der Waals surface area (Å²) in [6.07, 6.45) is 6.74. The van der Waals surface area contributed by atoms with Crippen LogP contribution in [-0.2, 0) is 9.53 Å². The van der Waals surface area contributed by atoms with Crippen LogP contribution in [0.2, 0.25) is 0 Å². The van der Waals surface area contributed by atoms with Gasteiger partial charge in [-0.25, -0.2) is 9.78 Å². The van der Waals surface area contributed by atoms with E-state index in [1.54, 1.807) is 31.5 Å². The lowest BCUT2D eigenvalue weighted by molar-refractivity contribution is -0.138. The molecule has 0 aliphatic rings. The van der Waals surface area contributed by atoms with E-state index < -0.39 is 5.97 Å². The third-order valence-electron chi connectivity index (χ3n) is 2.36. The van der Waals surface area contributed by atoms with E-state index in [-0.39, 0.29) is 12.3 Å². The summed E-state index contributed by atoms with van der Waals surface area (Å²) in [4.78, 5) is 18.3. The minimum absolute atomic E-state index is 0.0831. The lowest BCUT2D eigenvalue weighted by atomic mass is 10.2. The highest BCUT2D eigenvalue weighted by atomic mass is 16.5. The molecule has 0 aliphatic heterocycles. The largest absolute Gasteiger partial charge is 0.462 e. The Bertz CT molecular complexity index is 682. The second-order valence-electron chi connectivity index (χ2n) is 3.59. The third-order valence-corrected chi connectivity index (χ3v) is 2.36. The topological polar surface area (TPSA) is 92.4 Å². The van der Waals surface area contributed by atoms with Crippen LogP contribution in [0.25, 0.3) is 22.2 Å². The van der Waals surface area contributed by atoms with Gasteiger partial charge in [0.25, 0.3) is 0 Å². The summed E-state index contributed by atoms with van der Waals surface area (Å²) in [5.74, 6) is -0.650. The van der Waals surface area contributed by atoms with Crippen LogP contribution in [0.15, 0.2) is 41.5 Å². The number of pyridine rings is 1. The number of esters is 1. The average Bonchev–Trinajstić information content (AvgIpc) is 2.86. The van der Waals surface area contributed by atoms with E-state index in [9.17, 15) is 4.79 Å². The molecule has 0 aliphatic carbocycles. The molecular formula is C12H11N5O2. The smallest absolute Gasteiger partial charge is 0.340 e. The molecular weight excluding hydrogens is 246 g/mol. The SMILES string of the molecule is CCOC(=O)/C(=C/c1ccn2ccnc2c1)N=[N+]=[N-]. The van der Waals surface area contributed by atoms with Crippen molar-refractivity contribution in [3.63, 3.8) is 0 Å². The first-order valence-electron chi connectivity index (χ1n) is 5.61. The zero-order valence-corrected chi connectivity index (χ0v) is 10.2. The second-order valence-corrected chi connectivity index (χ2v) is 3.59. The summed E-state index contributed by atoms with van der Waals surface area (Å²) in [6.45, 7) is 1.90. The highest BCUT2D eigenvalue weighted by Crippen LogP contribution is 2.12. The van der Waals surface area contributed by atoms with Crippen molar-refractivity contribution in [1.29, 1.82) is 0 Å². The predicted molar refractivity (Wildman–Crippen MR) is 68.9 cm³/mol. The van der Waals surface area contributed by atoms with Crippen molar-refractivity contribution in [1.82, 2.24) is 9.38 Å². The highest BCUT2D eigenvalue weighted by Gasteiger charge is 2.08. The van der Waals surface area contributed by atoms with Gasteiger partial charge in [0.1, 0.15) is 11.3 Å². The molecule has 0 saturated carbocycles. The lowest BCUT2D eigenvalue weighted by Crippen LogP contribution is -2.05. The number of imidazole rings is 1. The molecule has 2 aromatic rings. The van der Waals surface area contributed by atoms with Crippen molar-refractivity contribution < 1.29 is 9.53 Å². The average molecular weight is 257 g/mol. The maximum atomic E-state index is 11.6. The standard InChI is InChI=1S/C12H11N5O2/c1-2-19-12(18)10(15-16-13)7-9-3-5-17-6-4-14-11(17)8-9/h3-8H,2H2,1H3/b10-7-. The number of carbonyl (C=O) groups is 1. The van der Waals surface area contributed by atoms with Crippen LogP contribution in [0.3, 0.4) is 0 Å². The zero-order chi connectivity index (χ0) is 13.7. The van der Waals surface area contributed by atoms with Gasteiger partial charge in [0.15, 0.2) is 0 Å². The van der Waals surface area contributed by atoms with E-state index in [1.807, 2.05) is 10.6 Å². The number of aromatic nitrogens is 2. The molecule has 0 N–H and O–H groups in total. The van der Waals surface area contributed by atoms with E-state index >= 15 is 0 Å². The fourth-order valence-corrected chi connectivity index (χ4v) is 1.56. The number of nitrogens with zero attached hydrogens (tertiary/aromatic N) is 5. The summed E-state index contributed by atoms with van der Waals surface area (Å²) in [5, 5.41) is 3.35. The van der Waals surface area contributed by atoms with Crippen LogP contribution >= 0.6 is 0 Å². The number of hydrogen-bond acceptors (Lipinski definition) is 4. The van der Waals surface area contributed by atoms with Crippen LogP contribution in [-0.4, -0.2) is 22.0 Å². The van der Waals surface area contributed by atoms with Gasteiger partial charge in [0.2, 0.25) is 0 Å². The summed E-state index contributed by atoms with van der Waals surface area (Å²) in [7, 11) is 0. The first-order chi connectivity index (χ1) is 9.24. The number of rotatable bonds is 4. The Morgan fingerprint density at radius 2 is 2.47 bits per heavy atom. The Hall–Kier alpha value is -2.79. The first-order valence-corrected chi connectivity index (χ1v) is 5.61. The van der Waals surface area contributed by atoms with E-state index in [0.717, 1.165) is 5.65 Å². The van der Waals surface area contributed by atoms with Gasteiger partial charge in [-0.3, -0.25) is 0 Å². The van der Waals surface area contributed by atoms with Crippen molar-refractivity contribution in [2.45, 2.75) is 6.92 Å². The van der Waals surface area contributed by atoms with Gasteiger partial charge in [0.05, 0.1) is 6.61 Å². The van der Waals surface area contributed by atoms with Crippen LogP contribution in [0, 0.1) is 0 Å². The van der Waals surface area contributed by atoms with Gasteiger partial charge in [-0.2, -0.15) is 0 Å². The Morgan fingerprint density at radius 1 is 1.63 bits per heavy atom. The number of carbonyl (C=O) groups excluding carboxylic acids is 1. The molecule has 0 bridgehead atoms. The molecule has 2 heterocycles. The normalized spacial score (nSPS) is 11.1. The van der Waals surface area contributed by atoms with Crippen LogP contribution in [0.4, 0.5) is 0 Å². The Labute approximate surface area is 108 Å². The van der Waals surface area contributed by atoms with Gasteiger partial charge < -0.3 is 9.14 Å². The van der Waals surface area contributed by atoms with Crippen molar-refractivity contribution in [2.24, 2.45) is 5.11 Å². The minimum atomic E-state index is -0.650. The molecule has 0 saturated heterocycles. The summed E-state index contributed by atoms with van der Waals surface area (Å²) in [6, 6.07) is 3.55. The lowest BCUT2D eigenvalue weighted by Gasteiger charge is -2.01. The monoisotopic (exact) mass is 257 g/mol. The van der Waals surface area contributed by atoms with E-state index in [4.69, 9.17) is 10.3 Å². The Kier molecular flexibility index (Phi) is 3.80. The number of ether oxygens (including phenoxy) is 1. The maximum absolute atomic E-state index is 11.6. The molecule has 0 spiro atoms. The Morgan fingerprint density at radius 3 is 3.21 bits per heavy atom. The molecule has 2 rings (SSSR count). The molecule has 0 unspecified atom stereocenters. The van der Waals surface area contributed by atoms with E-state index in [2.05, 4.69) is 15.0 Å². The molecule has 96 valence electrons. The van der Waals surface area contributed by atoms with E-state index in [0.29, 0.717) is 5.56 Å². The summed E-state index contributed by atoms with van der Waals surface area (Å²) < 4.78 is 6.64. The quantitative estimate of drug-likeness (QED) is 0.277. The molecule has 2 aromatic heterocycles. The maximum Gasteiger partial charge on any atom is 0.340 e. The first kappa shape index (κ1) is 12.7. The second kappa shape index (κ2) is 5.70. The minimum Gasteiger partial charge on any atom is -0.462 e. The fraction of sp³-hybridized carbons (Fsp3) is 0.167. The highest BCUT2D eigenvalue weighted by molar-refractivity contribution is 5.93. The molecule has 0 aromatic carbocycles. The molecule has 0 fully saturated rings. The number of hydrogen-bond donors (Lipinski definition) is 0. The Balaban J connectivity index is 2.39. The predicted octanol–water partition coefficient (Wildman–Crippen LogP) is 2.55. The van der Waals surface area contributed by atoms with Crippen molar-refractivity contribution >= 4 is 17.7 Å². The van der Waals surface area contributed by atoms with Crippen molar-refractivity contribution in [3.8, 4) is 0 Å². The molecule has 7 heteroatoms. The van der Waals surface area contributed by atoms with E-state index in [1.165, 1.54) is 6.08 Å². The number of azide groups is 1. The van der Waals surface area contributed by atoms with Gasteiger partial charge in [0, 0.05) is 23.5 Å².